The quantitative estimate of drug-likeness (QED) is 0.875. The largest absolute Gasteiger partial charge is 0.263 e. The minimum atomic E-state index is -3.71. The van der Waals surface area contributed by atoms with E-state index in [-0.39, 0.29) is 10.7 Å². The second-order valence-electron chi connectivity index (χ2n) is 3.54. The van der Waals surface area contributed by atoms with Crippen molar-refractivity contribution in [3.8, 4) is 0 Å². The molecule has 0 fully saturated rings. The maximum absolute atomic E-state index is 12.1. The molecule has 0 atom stereocenters. The van der Waals surface area contributed by atoms with E-state index in [0.717, 1.165) is 0 Å². The molecule has 0 aliphatic heterocycles. The molecule has 2 rings (SSSR count). The van der Waals surface area contributed by atoms with Gasteiger partial charge >= 0.3 is 0 Å². The number of aromatic nitrogens is 1. The first kappa shape index (κ1) is 14.6. The van der Waals surface area contributed by atoms with Gasteiger partial charge in [-0.25, -0.2) is 13.4 Å². The predicted molar refractivity (Wildman–Crippen MR) is 79.2 cm³/mol. The minimum Gasteiger partial charge on any atom is -0.263 e. The highest BCUT2D eigenvalue weighted by atomic mass is 79.9. The molecule has 0 saturated heterocycles. The zero-order valence-corrected chi connectivity index (χ0v) is 13.2. The number of nitrogens with zero attached hydrogens (tertiary/aromatic N) is 1. The fourth-order valence-electron chi connectivity index (χ4n) is 1.28. The van der Waals surface area contributed by atoms with Gasteiger partial charge in [0.1, 0.15) is 5.82 Å². The molecule has 4 nitrogen and oxygen atoms in total. The summed E-state index contributed by atoms with van der Waals surface area (Å²) in [6.07, 6.45) is 1.36. The number of anilines is 1. The molecule has 1 heterocycles. The zero-order valence-electron chi connectivity index (χ0n) is 9.27. The van der Waals surface area contributed by atoms with E-state index in [0.29, 0.717) is 14.5 Å². The van der Waals surface area contributed by atoms with Gasteiger partial charge in [-0.2, -0.15) is 0 Å². The van der Waals surface area contributed by atoms with Crippen LogP contribution in [0, 0.1) is 0 Å². The van der Waals surface area contributed by atoms with Crippen molar-refractivity contribution in [2.45, 2.75) is 4.90 Å². The predicted octanol–water partition coefficient (Wildman–Crippen LogP) is 3.95. The van der Waals surface area contributed by atoms with Crippen molar-refractivity contribution >= 4 is 55.0 Å². The average Bonchev–Trinajstić information content (AvgIpc) is 2.35. The number of halogens is 3. The van der Waals surface area contributed by atoms with Gasteiger partial charge in [0.2, 0.25) is 0 Å². The van der Waals surface area contributed by atoms with Crippen molar-refractivity contribution in [3.05, 3.63) is 51.0 Å². The second-order valence-corrected chi connectivity index (χ2v) is 6.92. The van der Waals surface area contributed by atoms with Gasteiger partial charge < -0.3 is 0 Å². The molecule has 19 heavy (non-hydrogen) atoms. The lowest BCUT2D eigenvalue weighted by atomic mass is 10.4. The third kappa shape index (κ3) is 3.60. The van der Waals surface area contributed by atoms with Gasteiger partial charge in [0.25, 0.3) is 10.0 Å². The first-order valence-electron chi connectivity index (χ1n) is 4.98. The molecular formula is C11H7BrCl2N2O2S. The maximum Gasteiger partial charge on any atom is 0.263 e. The Hall–Kier alpha value is -0.820. The molecule has 0 spiro atoms. The topological polar surface area (TPSA) is 59.1 Å². The number of sulfonamides is 1. The van der Waals surface area contributed by atoms with Crippen LogP contribution in [0.1, 0.15) is 0 Å². The Labute approximate surface area is 128 Å². The van der Waals surface area contributed by atoms with Crippen LogP contribution < -0.4 is 4.72 Å². The van der Waals surface area contributed by atoms with Crippen LogP contribution in [0.4, 0.5) is 5.82 Å². The van der Waals surface area contributed by atoms with Crippen LogP contribution in [-0.4, -0.2) is 13.4 Å². The lowest BCUT2D eigenvalue weighted by Crippen LogP contribution is -2.13. The van der Waals surface area contributed by atoms with Crippen LogP contribution in [0.3, 0.4) is 0 Å². The summed E-state index contributed by atoms with van der Waals surface area (Å²) in [6.45, 7) is 0. The summed E-state index contributed by atoms with van der Waals surface area (Å²) in [7, 11) is -3.71. The third-order valence-corrected chi connectivity index (χ3v) is 4.96. The summed E-state index contributed by atoms with van der Waals surface area (Å²) in [4.78, 5) is 3.95. The molecule has 8 heteroatoms. The average molecular weight is 382 g/mol. The first-order valence-corrected chi connectivity index (χ1v) is 8.01. The summed E-state index contributed by atoms with van der Waals surface area (Å²) in [5.41, 5.74) is 0. The van der Waals surface area contributed by atoms with E-state index < -0.39 is 10.0 Å². The fourth-order valence-corrected chi connectivity index (χ4v) is 3.07. The Bertz CT molecular complexity index is 705. The Morgan fingerprint density at radius 2 is 1.89 bits per heavy atom. The monoisotopic (exact) mass is 380 g/mol. The molecule has 0 aliphatic carbocycles. The molecule has 0 radical (unpaired) electrons. The highest BCUT2D eigenvalue weighted by Crippen LogP contribution is 2.26. The van der Waals surface area contributed by atoms with Crippen molar-refractivity contribution in [2.75, 3.05) is 4.72 Å². The minimum absolute atomic E-state index is 0.0838. The zero-order chi connectivity index (χ0) is 14.0. The summed E-state index contributed by atoms with van der Waals surface area (Å²) in [6, 6.07) is 7.34. The number of nitrogens with one attached hydrogen (secondary N) is 1. The van der Waals surface area contributed by atoms with Crippen LogP contribution in [0.15, 0.2) is 45.9 Å². The van der Waals surface area contributed by atoms with Crippen LogP contribution in [0.5, 0.6) is 0 Å². The summed E-state index contributed by atoms with van der Waals surface area (Å²) >= 11 is 14.7. The van der Waals surface area contributed by atoms with Gasteiger partial charge in [0.15, 0.2) is 0 Å². The van der Waals surface area contributed by atoms with Crippen LogP contribution in [0.25, 0.3) is 0 Å². The standard InChI is InChI=1S/C11H7BrCl2N2O2S/c12-9-5-8(2-3-10(9)14)19(17,18)16-11-4-1-7(13)6-15-11/h1-6H,(H,15,16). The van der Waals surface area contributed by atoms with Gasteiger partial charge in [-0.15, -0.1) is 0 Å². The second kappa shape index (κ2) is 5.66. The van der Waals surface area contributed by atoms with Gasteiger partial charge in [-0.1, -0.05) is 23.2 Å². The molecule has 2 aromatic rings. The molecule has 0 unspecified atom stereocenters. The Balaban J connectivity index is 2.32. The third-order valence-electron chi connectivity index (χ3n) is 2.17. The van der Waals surface area contributed by atoms with Crippen molar-refractivity contribution in [1.29, 1.82) is 0 Å². The Morgan fingerprint density at radius 1 is 1.16 bits per heavy atom. The van der Waals surface area contributed by atoms with Gasteiger partial charge in [0, 0.05) is 10.7 Å². The highest BCUT2D eigenvalue weighted by Gasteiger charge is 2.16. The Morgan fingerprint density at radius 3 is 2.47 bits per heavy atom. The lowest BCUT2D eigenvalue weighted by molar-refractivity contribution is 0.601. The SMILES string of the molecule is O=S(=O)(Nc1ccc(Cl)cn1)c1ccc(Cl)c(Br)c1. The summed E-state index contributed by atoms with van der Waals surface area (Å²) in [5.74, 6) is 0.190. The van der Waals surface area contributed by atoms with Crippen molar-refractivity contribution in [1.82, 2.24) is 4.98 Å². The summed E-state index contributed by atoms with van der Waals surface area (Å²) < 4.78 is 27.1. The first-order chi connectivity index (χ1) is 8.88. The van der Waals surface area contributed by atoms with Crippen LogP contribution in [-0.2, 0) is 10.0 Å². The number of hydrogen-bond acceptors (Lipinski definition) is 3. The summed E-state index contributed by atoms with van der Waals surface area (Å²) in [5, 5.41) is 0.862. The highest BCUT2D eigenvalue weighted by molar-refractivity contribution is 9.10. The van der Waals surface area contributed by atoms with E-state index in [1.807, 2.05) is 0 Å². The van der Waals surface area contributed by atoms with Gasteiger partial charge in [0.05, 0.1) is 14.9 Å². The van der Waals surface area contributed by atoms with E-state index in [4.69, 9.17) is 23.2 Å². The fraction of sp³-hybridized carbons (Fsp3) is 0. The van der Waals surface area contributed by atoms with Crippen molar-refractivity contribution in [3.63, 3.8) is 0 Å². The molecule has 0 amide bonds. The molecular weight excluding hydrogens is 375 g/mol. The van der Waals surface area contributed by atoms with E-state index in [1.54, 1.807) is 6.07 Å². The van der Waals surface area contributed by atoms with E-state index in [2.05, 4.69) is 25.6 Å². The van der Waals surface area contributed by atoms with E-state index in [9.17, 15) is 8.42 Å². The molecule has 100 valence electrons. The van der Waals surface area contributed by atoms with Gasteiger partial charge in [-0.05, 0) is 46.3 Å². The van der Waals surface area contributed by atoms with E-state index in [1.165, 1.54) is 30.5 Å². The van der Waals surface area contributed by atoms with Crippen LogP contribution >= 0.6 is 39.1 Å². The normalized spacial score (nSPS) is 11.3. The molecule has 0 bridgehead atoms. The van der Waals surface area contributed by atoms with E-state index >= 15 is 0 Å². The number of pyridine rings is 1. The smallest absolute Gasteiger partial charge is 0.263 e. The van der Waals surface area contributed by atoms with Gasteiger partial charge in [-0.3, -0.25) is 4.72 Å². The van der Waals surface area contributed by atoms with Crippen LogP contribution in [0.2, 0.25) is 10.0 Å². The Kier molecular flexibility index (Phi) is 4.35. The number of hydrogen-bond donors (Lipinski definition) is 1. The molecule has 1 aromatic heterocycles. The molecule has 1 N–H and O–H groups in total. The lowest BCUT2D eigenvalue weighted by Gasteiger charge is -2.08. The molecule has 1 aromatic carbocycles. The number of benzene rings is 1. The number of rotatable bonds is 3. The molecule has 0 saturated carbocycles. The maximum atomic E-state index is 12.1. The van der Waals surface area contributed by atoms with Crippen molar-refractivity contribution < 1.29 is 8.42 Å². The molecule has 0 aliphatic rings. The van der Waals surface area contributed by atoms with Crippen molar-refractivity contribution in [2.24, 2.45) is 0 Å².